The molecule has 1 aliphatic rings. The fourth-order valence-corrected chi connectivity index (χ4v) is 2.58. The van der Waals surface area contributed by atoms with E-state index in [1.54, 1.807) is 0 Å². The molecule has 0 atom stereocenters. The molecule has 2 aromatic carbocycles. The van der Waals surface area contributed by atoms with Crippen molar-refractivity contribution in [2.45, 2.75) is 13.0 Å². The second-order valence-corrected chi connectivity index (χ2v) is 5.32. The first-order valence-corrected chi connectivity index (χ1v) is 7.16. The molecule has 1 N–H and O–H groups in total. The highest BCUT2D eigenvalue weighted by atomic mass is 19.1. The zero-order valence-corrected chi connectivity index (χ0v) is 12.2. The van der Waals surface area contributed by atoms with Crippen molar-refractivity contribution >= 4 is 17.5 Å². The molecule has 0 aliphatic carbocycles. The van der Waals surface area contributed by atoms with Crippen molar-refractivity contribution < 1.29 is 18.4 Å². The zero-order valence-electron chi connectivity index (χ0n) is 12.2. The summed E-state index contributed by atoms with van der Waals surface area (Å²) >= 11 is 0. The molecular formula is C17H14F2N2O2. The van der Waals surface area contributed by atoms with Gasteiger partial charge >= 0.3 is 11.8 Å². The van der Waals surface area contributed by atoms with Crippen LogP contribution in [0.15, 0.2) is 42.5 Å². The predicted octanol–water partition coefficient (Wildman–Crippen LogP) is 2.49. The summed E-state index contributed by atoms with van der Waals surface area (Å²) in [5.74, 6) is -3.23. The van der Waals surface area contributed by atoms with Crippen molar-refractivity contribution in [1.82, 2.24) is 4.90 Å². The molecule has 0 radical (unpaired) electrons. The number of nitrogens with zero attached hydrogens (tertiary/aromatic N) is 1. The number of hydrogen-bond acceptors (Lipinski definition) is 2. The molecule has 1 heterocycles. The third-order valence-electron chi connectivity index (χ3n) is 3.79. The van der Waals surface area contributed by atoms with Gasteiger partial charge in [0.25, 0.3) is 0 Å². The van der Waals surface area contributed by atoms with Gasteiger partial charge in [0.05, 0.1) is 5.69 Å². The highest BCUT2D eigenvalue weighted by Gasteiger charge is 2.26. The number of fused-ring (bicyclic) bond motifs is 1. The number of rotatable bonds is 1. The van der Waals surface area contributed by atoms with E-state index in [0.717, 1.165) is 29.3 Å². The average molecular weight is 316 g/mol. The molecule has 6 heteroatoms. The summed E-state index contributed by atoms with van der Waals surface area (Å²) in [4.78, 5) is 25.6. The fourth-order valence-electron chi connectivity index (χ4n) is 2.58. The summed E-state index contributed by atoms with van der Waals surface area (Å²) in [5.41, 5.74) is 1.78. The van der Waals surface area contributed by atoms with Crippen molar-refractivity contribution in [3.63, 3.8) is 0 Å². The molecule has 2 amide bonds. The zero-order chi connectivity index (χ0) is 16.4. The van der Waals surface area contributed by atoms with Gasteiger partial charge in [-0.1, -0.05) is 24.3 Å². The Labute approximate surface area is 131 Å². The Balaban J connectivity index is 1.71. The van der Waals surface area contributed by atoms with Crippen LogP contribution in [0.3, 0.4) is 0 Å². The minimum absolute atomic E-state index is 0.327. The molecule has 23 heavy (non-hydrogen) atoms. The molecule has 0 aromatic heterocycles. The van der Waals surface area contributed by atoms with Crippen LogP contribution >= 0.6 is 0 Å². The van der Waals surface area contributed by atoms with E-state index in [-0.39, 0.29) is 5.69 Å². The van der Waals surface area contributed by atoms with E-state index in [0.29, 0.717) is 19.5 Å². The summed E-state index contributed by atoms with van der Waals surface area (Å²) in [7, 11) is 0. The van der Waals surface area contributed by atoms with E-state index in [4.69, 9.17) is 0 Å². The van der Waals surface area contributed by atoms with Crippen LogP contribution in [0.2, 0.25) is 0 Å². The number of anilines is 1. The van der Waals surface area contributed by atoms with Gasteiger partial charge in [-0.3, -0.25) is 9.59 Å². The van der Waals surface area contributed by atoms with Gasteiger partial charge in [-0.25, -0.2) is 8.78 Å². The summed E-state index contributed by atoms with van der Waals surface area (Å²) in [6, 6.07) is 10.4. The average Bonchev–Trinajstić information content (AvgIpc) is 2.57. The van der Waals surface area contributed by atoms with Gasteiger partial charge in [0, 0.05) is 19.2 Å². The molecule has 118 valence electrons. The van der Waals surface area contributed by atoms with Gasteiger partial charge in [0.2, 0.25) is 0 Å². The number of halogens is 2. The summed E-state index contributed by atoms with van der Waals surface area (Å²) in [6.45, 7) is 0.739. The van der Waals surface area contributed by atoms with E-state index in [1.807, 2.05) is 24.3 Å². The van der Waals surface area contributed by atoms with Crippen LogP contribution in [0.25, 0.3) is 0 Å². The third kappa shape index (κ3) is 3.21. The lowest BCUT2D eigenvalue weighted by molar-refractivity contribution is -0.143. The van der Waals surface area contributed by atoms with Gasteiger partial charge in [0.15, 0.2) is 0 Å². The third-order valence-corrected chi connectivity index (χ3v) is 3.79. The van der Waals surface area contributed by atoms with Crippen molar-refractivity contribution in [3.8, 4) is 0 Å². The highest BCUT2D eigenvalue weighted by Crippen LogP contribution is 2.19. The second kappa shape index (κ2) is 6.16. The summed E-state index contributed by atoms with van der Waals surface area (Å²) in [6.07, 6.45) is 0.656. The highest BCUT2D eigenvalue weighted by molar-refractivity contribution is 6.39. The van der Waals surface area contributed by atoms with Gasteiger partial charge < -0.3 is 10.2 Å². The van der Waals surface area contributed by atoms with E-state index in [1.165, 1.54) is 4.90 Å². The number of hydrogen-bond donors (Lipinski definition) is 1. The van der Waals surface area contributed by atoms with Crippen LogP contribution in [0, 0.1) is 11.6 Å². The summed E-state index contributed by atoms with van der Waals surface area (Å²) in [5, 5.41) is 2.13. The molecular weight excluding hydrogens is 302 g/mol. The van der Waals surface area contributed by atoms with E-state index >= 15 is 0 Å². The second-order valence-electron chi connectivity index (χ2n) is 5.32. The van der Waals surface area contributed by atoms with Crippen molar-refractivity contribution in [2.75, 3.05) is 11.9 Å². The van der Waals surface area contributed by atoms with Crippen molar-refractivity contribution in [3.05, 3.63) is 65.2 Å². The molecule has 0 bridgehead atoms. The number of carbonyl (C=O) groups excluding carboxylic acids is 2. The number of benzene rings is 2. The van der Waals surface area contributed by atoms with E-state index < -0.39 is 23.4 Å². The quantitative estimate of drug-likeness (QED) is 0.822. The molecule has 0 unspecified atom stereocenters. The normalized spacial score (nSPS) is 13.4. The first-order chi connectivity index (χ1) is 11.0. The van der Waals surface area contributed by atoms with Gasteiger partial charge in [-0.2, -0.15) is 0 Å². The lowest BCUT2D eigenvalue weighted by Crippen LogP contribution is -2.42. The van der Waals surface area contributed by atoms with E-state index in [2.05, 4.69) is 5.32 Å². The van der Waals surface area contributed by atoms with Crippen LogP contribution in [-0.4, -0.2) is 23.3 Å². The molecule has 4 nitrogen and oxygen atoms in total. The Hall–Kier alpha value is -2.76. The van der Waals surface area contributed by atoms with Gasteiger partial charge in [0.1, 0.15) is 11.6 Å². The molecule has 0 saturated heterocycles. The van der Waals surface area contributed by atoms with Crippen molar-refractivity contribution in [1.29, 1.82) is 0 Å². The Bertz CT molecular complexity index is 777. The first kappa shape index (κ1) is 15.1. The number of amides is 2. The fraction of sp³-hybridized carbons (Fsp3) is 0.176. The summed E-state index contributed by atoms with van der Waals surface area (Å²) < 4.78 is 26.6. The number of nitrogens with one attached hydrogen (secondary N) is 1. The SMILES string of the molecule is O=C(Nc1cc(F)ccc1F)C(=O)N1CCc2ccccc2C1. The van der Waals surface area contributed by atoms with Gasteiger partial charge in [-0.15, -0.1) is 0 Å². The van der Waals surface area contributed by atoms with Crippen LogP contribution in [0.5, 0.6) is 0 Å². The lowest BCUT2D eigenvalue weighted by Gasteiger charge is -2.28. The Morgan fingerprint density at radius 1 is 1.04 bits per heavy atom. The Morgan fingerprint density at radius 2 is 1.78 bits per heavy atom. The predicted molar refractivity (Wildman–Crippen MR) is 80.6 cm³/mol. The first-order valence-electron chi connectivity index (χ1n) is 7.16. The maximum Gasteiger partial charge on any atom is 0.313 e. The molecule has 3 rings (SSSR count). The lowest BCUT2D eigenvalue weighted by atomic mass is 10.00. The van der Waals surface area contributed by atoms with E-state index in [9.17, 15) is 18.4 Å². The van der Waals surface area contributed by atoms with Crippen LogP contribution < -0.4 is 5.32 Å². The Morgan fingerprint density at radius 3 is 2.57 bits per heavy atom. The molecule has 1 aliphatic heterocycles. The Kier molecular flexibility index (Phi) is 4.06. The van der Waals surface area contributed by atoms with Crippen LogP contribution in [-0.2, 0) is 22.6 Å². The largest absolute Gasteiger partial charge is 0.330 e. The molecule has 0 saturated carbocycles. The van der Waals surface area contributed by atoms with Crippen LogP contribution in [0.1, 0.15) is 11.1 Å². The van der Waals surface area contributed by atoms with Crippen molar-refractivity contribution in [2.24, 2.45) is 0 Å². The molecule has 0 fully saturated rings. The monoisotopic (exact) mass is 316 g/mol. The van der Waals surface area contributed by atoms with Gasteiger partial charge in [-0.05, 0) is 29.7 Å². The molecule has 2 aromatic rings. The molecule has 0 spiro atoms. The maximum atomic E-state index is 13.5. The number of carbonyl (C=O) groups is 2. The standard InChI is InChI=1S/C17H14F2N2O2/c18-13-5-6-14(19)15(9-13)20-16(22)17(23)21-8-7-11-3-1-2-4-12(11)10-21/h1-6,9H,7-8,10H2,(H,20,22). The maximum absolute atomic E-state index is 13.5. The minimum Gasteiger partial charge on any atom is -0.330 e. The topological polar surface area (TPSA) is 49.4 Å². The minimum atomic E-state index is -0.978. The smallest absolute Gasteiger partial charge is 0.313 e. The van der Waals surface area contributed by atoms with Crippen LogP contribution in [0.4, 0.5) is 14.5 Å².